The van der Waals surface area contributed by atoms with E-state index in [-0.39, 0.29) is 42.2 Å². The maximum atomic E-state index is 12.5. The molecule has 0 saturated heterocycles. The van der Waals surface area contributed by atoms with Gasteiger partial charge in [0.05, 0.1) is 5.56 Å². The zero-order chi connectivity index (χ0) is 15.3. The van der Waals surface area contributed by atoms with Gasteiger partial charge in [0.2, 0.25) is 0 Å². The van der Waals surface area contributed by atoms with Crippen LogP contribution in [-0.2, 0) is 0 Å². The molecule has 0 aromatic carbocycles. The molecule has 5 nitrogen and oxygen atoms in total. The van der Waals surface area contributed by atoms with Crippen LogP contribution in [0.3, 0.4) is 0 Å². The van der Waals surface area contributed by atoms with Crippen LogP contribution in [0.4, 0.5) is 5.82 Å². The van der Waals surface area contributed by atoms with Gasteiger partial charge in [-0.1, -0.05) is 13.8 Å². The summed E-state index contributed by atoms with van der Waals surface area (Å²) in [5, 5.41) is 3.20. The Balaban J connectivity index is 0. The van der Waals surface area contributed by atoms with E-state index in [4.69, 9.17) is 5.73 Å². The zero-order valence-electron chi connectivity index (χ0n) is 13.9. The van der Waals surface area contributed by atoms with Gasteiger partial charge in [0, 0.05) is 25.8 Å². The Kier molecular flexibility index (Phi) is 10.4. The Morgan fingerprint density at radius 2 is 2.00 bits per heavy atom. The van der Waals surface area contributed by atoms with Crippen molar-refractivity contribution in [1.82, 2.24) is 9.88 Å². The molecule has 0 aliphatic heterocycles. The largest absolute Gasteiger partial charge is 0.367 e. The number of aromatic nitrogens is 1. The number of carbonyl (C=O) groups is 1. The third kappa shape index (κ3) is 6.81. The van der Waals surface area contributed by atoms with Crippen molar-refractivity contribution in [2.24, 2.45) is 11.1 Å². The van der Waals surface area contributed by atoms with Crippen molar-refractivity contribution in [3.63, 3.8) is 0 Å². The van der Waals surface area contributed by atoms with Crippen LogP contribution in [-0.4, -0.2) is 42.0 Å². The highest BCUT2D eigenvalue weighted by atomic mass is 35.5. The van der Waals surface area contributed by atoms with E-state index in [1.165, 1.54) is 0 Å². The fourth-order valence-corrected chi connectivity index (χ4v) is 1.95. The average Bonchev–Trinajstić information content (AvgIpc) is 2.37. The van der Waals surface area contributed by atoms with Crippen LogP contribution in [0.25, 0.3) is 0 Å². The number of nitrogens with one attached hydrogen (secondary N) is 1. The number of nitrogens with two attached hydrogens (primary N) is 1. The molecule has 128 valence electrons. The van der Waals surface area contributed by atoms with Gasteiger partial charge >= 0.3 is 0 Å². The second-order valence-corrected chi connectivity index (χ2v) is 6.23. The van der Waals surface area contributed by atoms with E-state index in [9.17, 15) is 4.79 Å². The topological polar surface area (TPSA) is 71.2 Å². The number of hydrogen-bond donors (Lipinski definition) is 2. The van der Waals surface area contributed by atoms with Crippen molar-refractivity contribution >= 4 is 36.5 Å². The quantitative estimate of drug-likeness (QED) is 0.827. The molecular weight excluding hydrogens is 323 g/mol. The molecule has 0 radical (unpaired) electrons. The molecule has 0 spiro atoms. The van der Waals surface area contributed by atoms with E-state index < -0.39 is 0 Å². The van der Waals surface area contributed by atoms with Crippen molar-refractivity contribution < 1.29 is 4.79 Å². The van der Waals surface area contributed by atoms with Crippen LogP contribution in [0.2, 0.25) is 0 Å². The Morgan fingerprint density at radius 3 is 2.50 bits per heavy atom. The van der Waals surface area contributed by atoms with Gasteiger partial charge in [0.15, 0.2) is 0 Å². The summed E-state index contributed by atoms with van der Waals surface area (Å²) in [6.07, 6.45) is 1.69. The molecule has 1 rings (SSSR count). The van der Waals surface area contributed by atoms with Crippen LogP contribution in [0, 0.1) is 5.41 Å². The number of pyridine rings is 1. The molecule has 7 heteroatoms. The zero-order valence-corrected chi connectivity index (χ0v) is 15.6. The summed E-state index contributed by atoms with van der Waals surface area (Å²) >= 11 is 0. The summed E-state index contributed by atoms with van der Waals surface area (Å²) in [6.45, 7) is 9.28. The van der Waals surface area contributed by atoms with Crippen molar-refractivity contribution in [1.29, 1.82) is 0 Å². The van der Waals surface area contributed by atoms with Gasteiger partial charge < -0.3 is 16.0 Å². The van der Waals surface area contributed by atoms with E-state index in [1.54, 1.807) is 30.3 Å². The summed E-state index contributed by atoms with van der Waals surface area (Å²) in [4.78, 5) is 18.5. The van der Waals surface area contributed by atoms with Crippen molar-refractivity contribution in [2.45, 2.75) is 33.7 Å². The molecule has 1 heterocycles. The molecule has 1 aromatic rings. The number of amides is 1. The first-order valence-electron chi connectivity index (χ1n) is 6.94. The molecule has 0 bridgehead atoms. The minimum absolute atomic E-state index is 0. The Morgan fingerprint density at radius 1 is 1.41 bits per heavy atom. The fourth-order valence-electron chi connectivity index (χ4n) is 1.95. The molecule has 0 atom stereocenters. The number of rotatable bonds is 6. The third-order valence-corrected chi connectivity index (χ3v) is 3.03. The minimum atomic E-state index is -0.0989. The molecular formula is C15H28Cl2N4O. The molecule has 0 aliphatic carbocycles. The van der Waals surface area contributed by atoms with Gasteiger partial charge in [0.1, 0.15) is 5.82 Å². The summed E-state index contributed by atoms with van der Waals surface area (Å²) in [5.74, 6) is 0.590. The average molecular weight is 351 g/mol. The fraction of sp³-hybridized carbons (Fsp3) is 0.600. The molecule has 0 aliphatic rings. The molecule has 3 N–H and O–H groups in total. The van der Waals surface area contributed by atoms with Crippen LogP contribution in [0.1, 0.15) is 38.1 Å². The summed E-state index contributed by atoms with van der Waals surface area (Å²) in [5.41, 5.74) is 6.22. The first-order chi connectivity index (χ1) is 9.26. The Labute approximate surface area is 145 Å². The van der Waals surface area contributed by atoms with E-state index in [2.05, 4.69) is 10.3 Å². The van der Waals surface area contributed by atoms with Crippen LogP contribution >= 0.6 is 24.8 Å². The molecule has 0 unspecified atom stereocenters. The first kappa shape index (κ1) is 23.2. The standard InChI is InChI=1S/C15H26N4O.2ClH/c1-11(2)18-13-12(7-6-8-17-13)14(20)19(5)10-15(3,4)9-16;;/h6-8,11H,9-10,16H2,1-5H3,(H,17,18);2*1H. The van der Waals surface area contributed by atoms with E-state index in [1.807, 2.05) is 27.7 Å². The predicted molar refractivity (Wildman–Crippen MR) is 97.3 cm³/mol. The van der Waals surface area contributed by atoms with E-state index in [0.29, 0.717) is 24.5 Å². The number of carbonyl (C=O) groups excluding carboxylic acids is 1. The molecule has 0 fully saturated rings. The highest BCUT2D eigenvalue weighted by molar-refractivity contribution is 5.98. The molecule has 0 saturated carbocycles. The van der Waals surface area contributed by atoms with Crippen molar-refractivity contribution in [2.75, 3.05) is 25.5 Å². The Bertz CT molecular complexity index is 467. The van der Waals surface area contributed by atoms with Gasteiger partial charge in [0.25, 0.3) is 5.91 Å². The molecule has 22 heavy (non-hydrogen) atoms. The van der Waals surface area contributed by atoms with Gasteiger partial charge in [-0.15, -0.1) is 24.8 Å². The normalized spacial score (nSPS) is 10.5. The monoisotopic (exact) mass is 350 g/mol. The maximum Gasteiger partial charge on any atom is 0.257 e. The molecule has 1 aromatic heterocycles. The predicted octanol–water partition coefficient (Wildman–Crippen LogP) is 2.80. The SMILES string of the molecule is CC(C)Nc1ncccc1C(=O)N(C)CC(C)(C)CN.Cl.Cl. The van der Waals surface area contributed by atoms with Gasteiger partial charge in [-0.25, -0.2) is 4.98 Å². The lowest BCUT2D eigenvalue weighted by Gasteiger charge is -2.29. The lowest BCUT2D eigenvalue weighted by molar-refractivity contribution is 0.0741. The third-order valence-electron chi connectivity index (χ3n) is 3.03. The molecule has 1 amide bonds. The van der Waals surface area contributed by atoms with Crippen LogP contribution in [0.5, 0.6) is 0 Å². The van der Waals surface area contributed by atoms with Gasteiger partial charge in [-0.3, -0.25) is 4.79 Å². The van der Waals surface area contributed by atoms with E-state index >= 15 is 0 Å². The summed E-state index contributed by atoms with van der Waals surface area (Å²) in [6, 6.07) is 3.80. The minimum Gasteiger partial charge on any atom is -0.367 e. The first-order valence-corrected chi connectivity index (χ1v) is 6.94. The van der Waals surface area contributed by atoms with Crippen LogP contribution < -0.4 is 11.1 Å². The maximum absolute atomic E-state index is 12.5. The number of anilines is 1. The summed E-state index contributed by atoms with van der Waals surface area (Å²) in [7, 11) is 1.80. The second-order valence-electron chi connectivity index (χ2n) is 6.23. The van der Waals surface area contributed by atoms with E-state index in [0.717, 1.165) is 0 Å². The Hall–Kier alpha value is -1.04. The highest BCUT2D eigenvalue weighted by Gasteiger charge is 2.23. The smallest absolute Gasteiger partial charge is 0.257 e. The summed E-state index contributed by atoms with van der Waals surface area (Å²) < 4.78 is 0. The number of hydrogen-bond acceptors (Lipinski definition) is 4. The van der Waals surface area contributed by atoms with Crippen molar-refractivity contribution in [3.05, 3.63) is 23.9 Å². The lowest BCUT2D eigenvalue weighted by Crippen LogP contribution is -2.40. The van der Waals surface area contributed by atoms with Gasteiger partial charge in [-0.05, 0) is 37.9 Å². The lowest BCUT2D eigenvalue weighted by atomic mass is 9.93. The van der Waals surface area contributed by atoms with Gasteiger partial charge in [-0.2, -0.15) is 0 Å². The number of nitrogens with zero attached hydrogens (tertiary/aromatic N) is 2. The van der Waals surface area contributed by atoms with Crippen LogP contribution in [0.15, 0.2) is 18.3 Å². The second kappa shape index (κ2) is 9.87. The highest BCUT2D eigenvalue weighted by Crippen LogP contribution is 2.19. The van der Waals surface area contributed by atoms with Crippen molar-refractivity contribution in [3.8, 4) is 0 Å². The number of halogens is 2.